The van der Waals surface area contributed by atoms with Gasteiger partial charge in [-0.1, -0.05) is 0 Å². The second-order valence-corrected chi connectivity index (χ2v) is 6.71. The third kappa shape index (κ3) is 2.71. The zero-order chi connectivity index (χ0) is 16.5. The van der Waals surface area contributed by atoms with E-state index in [1.54, 1.807) is 36.8 Å². The lowest BCUT2D eigenvalue weighted by atomic mass is 10.2. The topological polar surface area (TPSA) is 69.2 Å². The number of thiophene rings is 1. The molecule has 0 fully saturated rings. The second kappa shape index (κ2) is 6.16. The van der Waals surface area contributed by atoms with Crippen molar-refractivity contribution >= 4 is 23.5 Å². The zero-order valence-electron chi connectivity index (χ0n) is 13.1. The number of benzene rings is 1. The quantitative estimate of drug-likeness (QED) is 0.684. The van der Waals surface area contributed by atoms with Crippen LogP contribution in [0.2, 0.25) is 0 Å². The first-order valence-corrected chi connectivity index (χ1v) is 8.49. The number of fused-ring (bicyclic) bond motifs is 2. The molecule has 7 heteroatoms. The van der Waals surface area contributed by atoms with Crippen LogP contribution >= 0.6 is 11.3 Å². The summed E-state index contributed by atoms with van der Waals surface area (Å²) >= 11 is 1.56. The Morgan fingerprint density at radius 3 is 3.08 bits per heavy atom. The molecular formula is C17H16N2O4S. The van der Waals surface area contributed by atoms with Crippen molar-refractivity contribution in [3.63, 3.8) is 0 Å². The molecule has 1 aromatic heterocycles. The Hall–Kier alpha value is -2.54. The molecule has 1 aromatic carbocycles. The van der Waals surface area contributed by atoms with Crippen LogP contribution in [0.15, 0.2) is 23.3 Å². The maximum atomic E-state index is 12.2. The smallest absolute Gasteiger partial charge is 0.281 e. The largest absolute Gasteiger partial charge is 0.493 e. The third-order valence-corrected chi connectivity index (χ3v) is 5.27. The maximum absolute atomic E-state index is 12.2. The molecule has 6 nitrogen and oxygen atoms in total. The SMILES string of the molecule is COc1cc(/C=N\NC(=O)c2cc3c(s2)CCC3)cc2c1OCO2. The molecule has 2 heterocycles. The first kappa shape index (κ1) is 15.0. The van der Waals surface area contributed by atoms with Crippen molar-refractivity contribution in [1.82, 2.24) is 5.43 Å². The minimum Gasteiger partial charge on any atom is -0.493 e. The monoisotopic (exact) mass is 344 g/mol. The Labute approximate surface area is 143 Å². The highest BCUT2D eigenvalue weighted by Gasteiger charge is 2.20. The lowest BCUT2D eigenvalue weighted by Crippen LogP contribution is -2.16. The number of hydrogen-bond acceptors (Lipinski definition) is 6. The van der Waals surface area contributed by atoms with Crippen molar-refractivity contribution in [1.29, 1.82) is 0 Å². The van der Waals surface area contributed by atoms with E-state index >= 15 is 0 Å². The van der Waals surface area contributed by atoms with Crippen LogP contribution < -0.4 is 19.6 Å². The molecule has 24 heavy (non-hydrogen) atoms. The van der Waals surface area contributed by atoms with Crippen LogP contribution in [0.4, 0.5) is 0 Å². The van der Waals surface area contributed by atoms with Crippen molar-refractivity contribution in [3.05, 3.63) is 39.1 Å². The van der Waals surface area contributed by atoms with Crippen molar-refractivity contribution in [2.24, 2.45) is 5.10 Å². The predicted octanol–water partition coefficient (Wildman–Crippen LogP) is 2.74. The summed E-state index contributed by atoms with van der Waals surface area (Å²) in [6.07, 6.45) is 4.89. The first-order valence-electron chi connectivity index (χ1n) is 7.67. The number of hydrogen-bond donors (Lipinski definition) is 1. The summed E-state index contributed by atoms with van der Waals surface area (Å²) in [6.45, 7) is 0.173. The van der Waals surface area contributed by atoms with E-state index in [-0.39, 0.29) is 12.7 Å². The summed E-state index contributed by atoms with van der Waals surface area (Å²) in [6, 6.07) is 5.55. The highest BCUT2D eigenvalue weighted by Crippen LogP contribution is 2.41. The first-order chi connectivity index (χ1) is 11.7. The number of amides is 1. The van der Waals surface area contributed by atoms with Crippen LogP contribution in [0.1, 0.15) is 32.1 Å². The standard InChI is InChI=1S/C17H16N2O4S/c1-21-12-5-10(6-13-16(12)23-9-22-13)8-18-19-17(20)15-7-11-3-2-4-14(11)24-15/h5-8H,2-4,9H2,1H3,(H,19,20)/b18-8-. The van der Waals surface area contributed by atoms with Gasteiger partial charge in [-0.25, -0.2) is 5.43 Å². The van der Waals surface area contributed by atoms with Gasteiger partial charge in [0.25, 0.3) is 5.91 Å². The van der Waals surface area contributed by atoms with Crippen LogP contribution in [0.5, 0.6) is 17.2 Å². The molecule has 1 aliphatic heterocycles. The van der Waals surface area contributed by atoms with E-state index in [1.165, 1.54) is 16.9 Å². The Morgan fingerprint density at radius 2 is 2.25 bits per heavy atom. The van der Waals surface area contributed by atoms with E-state index in [4.69, 9.17) is 14.2 Å². The number of ether oxygens (including phenoxy) is 3. The molecule has 0 atom stereocenters. The van der Waals surface area contributed by atoms with Gasteiger partial charge in [0.2, 0.25) is 12.5 Å². The Bertz CT molecular complexity index is 807. The van der Waals surface area contributed by atoms with Crippen molar-refractivity contribution < 1.29 is 19.0 Å². The van der Waals surface area contributed by atoms with Crippen molar-refractivity contribution in [3.8, 4) is 17.2 Å². The molecule has 1 N–H and O–H groups in total. The van der Waals surface area contributed by atoms with Gasteiger partial charge in [-0.2, -0.15) is 5.10 Å². The molecule has 4 rings (SSSR count). The van der Waals surface area contributed by atoms with E-state index in [9.17, 15) is 4.79 Å². The molecule has 1 aliphatic carbocycles. The number of nitrogens with zero attached hydrogens (tertiary/aromatic N) is 1. The summed E-state index contributed by atoms with van der Waals surface area (Å²) in [5, 5.41) is 4.03. The molecule has 0 unspecified atom stereocenters. The predicted molar refractivity (Wildman–Crippen MR) is 90.5 cm³/mol. The van der Waals surface area contributed by atoms with E-state index in [1.807, 2.05) is 6.07 Å². The van der Waals surface area contributed by atoms with E-state index in [0.717, 1.165) is 18.4 Å². The Balaban J connectivity index is 1.46. The lowest BCUT2D eigenvalue weighted by molar-refractivity contribution is 0.0959. The number of nitrogens with one attached hydrogen (secondary N) is 1. The van der Waals surface area contributed by atoms with Gasteiger partial charge in [0.15, 0.2) is 11.5 Å². The lowest BCUT2D eigenvalue weighted by Gasteiger charge is -2.05. The van der Waals surface area contributed by atoms with Crippen LogP contribution in [0, 0.1) is 0 Å². The van der Waals surface area contributed by atoms with Gasteiger partial charge in [-0.05, 0) is 43.0 Å². The molecule has 0 bridgehead atoms. The van der Waals surface area contributed by atoms with Gasteiger partial charge in [0.05, 0.1) is 18.2 Å². The number of methoxy groups -OCH3 is 1. The van der Waals surface area contributed by atoms with Gasteiger partial charge >= 0.3 is 0 Å². The minimum atomic E-state index is -0.182. The third-order valence-electron chi connectivity index (χ3n) is 4.03. The molecule has 0 saturated carbocycles. The summed E-state index contributed by atoms with van der Waals surface area (Å²) in [4.78, 5) is 14.2. The van der Waals surface area contributed by atoms with Crippen LogP contribution in [-0.2, 0) is 12.8 Å². The zero-order valence-corrected chi connectivity index (χ0v) is 13.9. The summed E-state index contributed by atoms with van der Waals surface area (Å²) in [5.41, 5.74) is 4.62. The minimum absolute atomic E-state index is 0.173. The highest BCUT2D eigenvalue weighted by atomic mass is 32.1. The Kier molecular flexibility index (Phi) is 3.86. The normalized spacial score (nSPS) is 14.9. The molecule has 2 aliphatic rings. The van der Waals surface area contributed by atoms with Crippen LogP contribution in [0.3, 0.4) is 0 Å². The van der Waals surface area contributed by atoms with Crippen LogP contribution in [0.25, 0.3) is 0 Å². The molecular weight excluding hydrogens is 328 g/mol. The molecule has 0 radical (unpaired) electrons. The van der Waals surface area contributed by atoms with E-state index in [2.05, 4.69) is 10.5 Å². The number of carbonyl (C=O) groups excluding carboxylic acids is 1. The molecule has 124 valence electrons. The number of rotatable bonds is 4. The highest BCUT2D eigenvalue weighted by molar-refractivity contribution is 7.14. The number of hydrazone groups is 1. The van der Waals surface area contributed by atoms with Gasteiger partial charge in [-0.15, -0.1) is 11.3 Å². The average molecular weight is 344 g/mol. The Morgan fingerprint density at radius 1 is 1.33 bits per heavy atom. The van der Waals surface area contributed by atoms with Crippen molar-refractivity contribution in [2.75, 3.05) is 13.9 Å². The number of aryl methyl sites for hydroxylation is 2. The van der Waals surface area contributed by atoms with Gasteiger partial charge in [-0.3, -0.25) is 4.79 Å². The molecule has 2 aromatic rings. The van der Waals surface area contributed by atoms with E-state index in [0.29, 0.717) is 22.1 Å². The van der Waals surface area contributed by atoms with Gasteiger partial charge in [0, 0.05) is 10.4 Å². The van der Waals surface area contributed by atoms with Crippen LogP contribution in [-0.4, -0.2) is 26.0 Å². The van der Waals surface area contributed by atoms with E-state index < -0.39 is 0 Å². The fourth-order valence-corrected chi connectivity index (χ4v) is 4.03. The summed E-state index contributed by atoms with van der Waals surface area (Å²) in [5.74, 6) is 1.59. The fourth-order valence-electron chi connectivity index (χ4n) is 2.89. The molecule has 0 spiro atoms. The number of carbonyl (C=O) groups is 1. The summed E-state index contributed by atoms with van der Waals surface area (Å²) < 4.78 is 16.0. The van der Waals surface area contributed by atoms with Crippen molar-refractivity contribution in [2.45, 2.75) is 19.3 Å². The maximum Gasteiger partial charge on any atom is 0.281 e. The summed E-state index contributed by atoms with van der Waals surface area (Å²) in [7, 11) is 1.57. The molecule has 1 amide bonds. The average Bonchev–Trinajstić information content (AvgIpc) is 3.28. The van der Waals surface area contributed by atoms with Gasteiger partial charge < -0.3 is 14.2 Å². The second-order valence-electron chi connectivity index (χ2n) is 5.57. The molecule has 0 saturated heterocycles. The van der Waals surface area contributed by atoms with Gasteiger partial charge in [0.1, 0.15) is 0 Å². The fraction of sp³-hybridized carbons (Fsp3) is 0.294.